The Labute approximate surface area is 182 Å². The van der Waals surface area contributed by atoms with Crippen LogP contribution in [0.25, 0.3) is 0 Å². The van der Waals surface area contributed by atoms with E-state index >= 15 is 0 Å². The lowest BCUT2D eigenvalue weighted by atomic mass is 9.62. The minimum Gasteiger partial charge on any atom is -0.359 e. The van der Waals surface area contributed by atoms with Gasteiger partial charge >= 0.3 is 0 Å². The number of rotatable bonds is 6. The standard InChI is InChI=1S/C23H31N5O3/c1-17-12-24-28(13-17)15-19-11-20(25-31-19)22(30)27-14-18(23(16-27)7-4-8-23)5-6-21(29)26-9-2-3-10-26/h11-13,18H,2-10,14-16H2,1H3. The maximum Gasteiger partial charge on any atom is 0.276 e. The van der Waals surface area contributed by atoms with Crippen molar-refractivity contribution in [1.82, 2.24) is 24.7 Å². The van der Waals surface area contributed by atoms with E-state index in [1.807, 2.05) is 22.9 Å². The number of hydrogen-bond acceptors (Lipinski definition) is 5. The van der Waals surface area contributed by atoms with Crippen LogP contribution in [-0.4, -0.2) is 62.7 Å². The van der Waals surface area contributed by atoms with Gasteiger partial charge in [0.1, 0.15) is 6.54 Å². The van der Waals surface area contributed by atoms with Gasteiger partial charge in [-0.05, 0) is 55.9 Å². The Morgan fingerprint density at radius 1 is 1.19 bits per heavy atom. The van der Waals surface area contributed by atoms with E-state index in [4.69, 9.17) is 4.52 Å². The average Bonchev–Trinajstić information content (AvgIpc) is 3.51. The van der Waals surface area contributed by atoms with E-state index in [2.05, 4.69) is 10.3 Å². The topological polar surface area (TPSA) is 84.5 Å². The summed E-state index contributed by atoms with van der Waals surface area (Å²) in [5, 5.41) is 8.29. The van der Waals surface area contributed by atoms with Gasteiger partial charge in [0, 0.05) is 44.9 Å². The van der Waals surface area contributed by atoms with Crippen LogP contribution in [0.15, 0.2) is 23.0 Å². The van der Waals surface area contributed by atoms with E-state index < -0.39 is 0 Å². The molecule has 5 rings (SSSR count). The van der Waals surface area contributed by atoms with Crippen molar-refractivity contribution >= 4 is 11.8 Å². The Morgan fingerprint density at radius 2 is 2.00 bits per heavy atom. The molecule has 1 saturated carbocycles. The van der Waals surface area contributed by atoms with Crippen molar-refractivity contribution in [3.05, 3.63) is 35.5 Å². The van der Waals surface area contributed by atoms with Gasteiger partial charge in [-0.3, -0.25) is 14.3 Å². The molecule has 1 atom stereocenters. The molecule has 4 heterocycles. The summed E-state index contributed by atoms with van der Waals surface area (Å²) in [6.07, 6.45) is 11.0. The third-order valence-electron chi connectivity index (χ3n) is 7.47. The second kappa shape index (κ2) is 8.13. The van der Waals surface area contributed by atoms with E-state index in [1.165, 1.54) is 6.42 Å². The molecule has 0 aromatic carbocycles. The van der Waals surface area contributed by atoms with E-state index in [-0.39, 0.29) is 17.2 Å². The summed E-state index contributed by atoms with van der Waals surface area (Å²) in [6, 6.07) is 1.73. The van der Waals surface area contributed by atoms with Crippen molar-refractivity contribution in [1.29, 1.82) is 0 Å². The highest BCUT2D eigenvalue weighted by Crippen LogP contribution is 2.53. The lowest BCUT2D eigenvalue weighted by Gasteiger charge is -2.42. The number of likely N-dealkylation sites (tertiary alicyclic amines) is 2. The summed E-state index contributed by atoms with van der Waals surface area (Å²) < 4.78 is 7.18. The Kier molecular flexibility index (Phi) is 5.32. The Morgan fingerprint density at radius 3 is 2.68 bits per heavy atom. The minimum absolute atomic E-state index is 0.0636. The molecule has 8 nitrogen and oxygen atoms in total. The van der Waals surface area contributed by atoms with Crippen molar-refractivity contribution in [2.75, 3.05) is 26.2 Å². The summed E-state index contributed by atoms with van der Waals surface area (Å²) in [4.78, 5) is 29.6. The molecule has 3 aliphatic rings. The van der Waals surface area contributed by atoms with Gasteiger partial charge in [-0.2, -0.15) is 5.10 Å². The predicted octanol–water partition coefficient (Wildman–Crippen LogP) is 2.87. The summed E-state index contributed by atoms with van der Waals surface area (Å²) in [5.74, 6) is 1.24. The molecule has 1 unspecified atom stereocenters. The number of aromatic nitrogens is 3. The molecule has 0 N–H and O–H groups in total. The van der Waals surface area contributed by atoms with Gasteiger partial charge in [0.25, 0.3) is 5.91 Å². The number of nitrogens with zero attached hydrogens (tertiary/aromatic N) is 5. The monoisotopic (exact) mass is 425 g/mol. The normalized spacial score (nSPS) is 22.3. The minimum atomic E-state index is -0.0636. The van der Waals surface area contributed by atoms with Crippen LogP contribution in [-0.2, 0) is 11.3 Å². The molecular formula is C23H31N5O3. The van der Waals surface area contributed by atoms with Crippen molar-refractivity contribution in [2.45, 2.75) is 58.4 Å². The van der Waals surface area contributed by atoms with Crippen molar-refractivity contribution in [3.63, 3.8) is 0 Å². The van der Waals surface area contributed by atoms with Gasteiger partial charge in [-0.15, -0.1) is 0 Å². The molecule has 8 heteroatoms. The molecular weight excluding hydrogens is 394 g/mol. The van der Waals surface area contributed by atoms with E-state index in [0.717, 1.165) is 57.3 Å². The summed E-state index contributed by atoms with van der Waals surface area (Å²) >= 11 is 0. The van der Waals surface area contributed by atoms with Crippen molar-refractivity contribution in [3.8, 4) is 0 Å². The van der Waals surface area contributed by atoms with Crippen molar-refractivity contribution < 1.29 is 14.1 Å². The maximum absolute atomic E-state index is 13.1. The lowest BCUT2D eigenvalue weighted by Crippen LogP contribution is -2.39. The van der Waals surface area contributed by atoms with Crippen LogP contribution in [0, 0.1) is 18.3 Å². The smallest absolute Gasteiger partial charge is 0.276 e. The van der Waals surface area contributed by atoms with E-state index in [0.29, 0.717) is 36.9 Å². The molecule has 2 aromatic rings. The average molecular weight is 426 g/mol. The van der Waals surface area contributed by atoms with Crippen molar-refractivity contribution in [2.24, 2.45) is 11.3 Å². The second-order valence-electron chi connectivity index (χ2n) is 9.62. The summed E-state index contributed by atoms with van der Waals surface area (Å²) in [6.45, 7) is 5.75. The first-order chi connectivity index (χ1) is 15.0. The second-order valence-corrected chi connectivity index (χ2v) is 9.62. The SMILES string of the molecule is Cc1cnn(Cc2cc(C(=O)N3CC(CCC(=O)N4CCCC4)C4(CCC4)C3)no2)c1. The van der Waals surface area contributed by atoms with Crippen LogP contribution in [0.2, 0.25) is 0 Å². The molecule has 0 radical (unpaired) electrons. The van der Waals surface area contributed by atoms with Gasteiger partial charge in [-0.25, -0.2) is 0 Å². The zero-order valence-corrected chi connectivity index (χ0v) is 18.3. The molecule has 2 saturated heterocycles. The third kappa shape index (κ3) is 4.00. The highest BCUT2D eigenvalue weighted by molar-refractivity contribution is 5.92. The fourth-order valence-electron chi connectivity index (χ4n) is 5.57. The molecule has 166 valence electrons. The molecule has 31 heavy (non-hydrogen) atoms. The fraction of sp³-hybridized carbons (Fsp3) is 0.652. The number of amides is 2. The molecule has 3 fully saturated rings. The van der Waals surface area contributed by atoms with Gasteiger partial charge < -0.3 is 14.3 Å². The quantitative estimate of drug-likeness (QED) is 0.711. The maximum atomic E-state index is 13.1. The highest BCUT2D eigenvalue weighted by atomic mass is 16.5. The Balaban J connectivity index is 1.21. The lowest BCUT2D eigenvalue weighted by molar-refractivity contribution is -0.130. The molecule has 2 aromatic heterocycles. The van der Waals surface area contributed by atoms with Crippen LogP contribution in [0.4, 0.5) is 0 Å². The summed E-state index contributed by atoms with van der Waals surface area (Å²) in [5.41, 5.74) is 1.63. The molecule has 0 bridgehead atoms. The number of hydrogen-bond donors (Lipinski definition) is 0. The van der Waals surface area contributed by atoms with Crippen LogP contribution < -0.4 is 0 Å². The molecule has 1 spiro atoms. The first-order valence-electron chi connectivity index (χ1n) is 11.5. The number of carbonyl (C=O) groups excluding carboxylic acids is 2. The van der Waals surface area contributed by atoms with E-state index in [1.54, 1.807) is 16.9 Å². The van der Waals surface area contributed by atoms with Gasteiger partial charge in [0.15, 0.2) is 11.5 Å². The van der Waals surface area contributed by atoms with Crippen LogP contribution in [0.3, 0.4) is 0 Å². The van der Waals surface area contributed by atoms with E-state index in [9.17, 15) is 9.59 Å². The largest absolute Gasteiger partial charge is 0.359 e. The van der Waals surface area contributed by atoms with Crippen LogP contribution >= 0.6 is 0 Å². The third-order valence-corrected chi connectivity index (χ3v) is 7.47. The Bertz CT molecular complexity index is 954. The first-order valence-corrected chi connectivity index (χ1v) is 11.5. The number of aryl methyl sites for hydroxylation is 1. The van der Waals surface area contributed by atoms with Crippen LogP contribution in [0.1, 0.15) is 66.8 Å². The highest BCUT2D eigenvalue weighted by Gasteiger charge is 2.51. The molecule has 2 amide bonds. The van der Waals surface area contributed by atoms with Gasteiger partial charge in [-0.1, -0.05) is 11.6 Å². The van der Waals surface area contributed by atoms with Crippen LogP contribution in [0.5, 0.6) is 0 Å². The van der Waals surface area contributed by atoms with Gasteiger partial charge in [0.05, 0.1) is 6.20 Å². The Hall–Kier alpha value is -2.64. The zero-order valence-electron chi connectivity index (χ0n) is 18.3. The fourth-order valence-corrected chi connectivity index (χ4v) is 5.57. The summed E-state index contributed by atoms with van der Waals surface area (Å²) in [7, 11) is 0. The molecule has 2 aliphatic heterocycles. The molecule has 1 aliphatic carbocycles. The van der Waals surface area contributed by atoms with Gasteiger partial charge in [0.2, 0.25) is 5.91 Å². The predicted molar refractivity (Wildman–Crippen MR) is 113 cm³/mol. The zero-order chi connectivity index (χ0) is 21.4. The first kappa shape index (κ1) is 20.3. The number of carbonyl (C=O) groups is 2.